The summed E-state index contributed by atoms with van der Waals surface area (Å²) >= 11 is 7.00. The lowest BCUT2D eigenvalue weighted by molar-refractivity contribution is 0.949. The van der Waals surface area contributed by atoms with Crippen LogP contribution in [0.15, 0.2) is 161 Å². The van der Waals surface area contributed by atoms with Crippen molar-refractivity contribution >= 4 is 112 Å². The second-order valence-electron chi connectivity index (χ2n) is 17.7. The van der Waals surface area contributed by atoms with Crippen LogP contribution in [0.1, 0.15) is 34.3 Å². The van der Waals surface area contributed by atoms with Gasteiger partial charge in [0.25, 0.3) is 0 Å². The number of hydrogen-bond donors (Lipinski definition) is 9. The van der Waals surface area contributed by atoms with Crippen LogP contribution >= 0.6 is 31.9 Å². The van der Waals surface area contributed by atoms with Crippen molar-refractivity contribution in [1.82, 2.24) is 64.8 Å². The Kier molecular flexibility index (Phi) is 17.2. The number of nitrogens with zero attached hydrogens (tertiary/aromatic N) is 11. The average Bonchev–Trinajstić information content (AvgIpc) is 4.21. The number of hydrogen-bond acceptors (Lipinski definition) is 18. The van der Waals surface area contributed by atoms with Gasteiger partial charge in [0, 0.05) is 104 Å². The normalized spacial score (nSPS) is 11.3. The number of pyridine rings is 3. The number of nitrogens with one attached hydrogen (secondary N) is 9. The van der Waals surface area contributed by atoms with Gasteiger partial charge >= 0.3 is 0 Å². The number of aryl methyl sites for hydroxylation is 2. The van der Waals surface area contributed by atoms with Crippen molar-refractivity contribution in [2.75, 3.05) is 56.9 Å². The van der Waals surface area contributed by atoms with Crippen LogP contribution in [0.3, 0.4) is 0 Å². The standard InChI is InChI=1S/C19H18BrN7.C19H19BrN6.C18H17N7/c1-12-24-16-6-5-14(10-17(16)25-12)26-19-23-11-15(20)18(27-19)22-9-7-13-4-2-3-8-21-13;20-16-12-24-19(25-15-4-5-17-13(11-15)6-9-22-17)26-18(16)23-10-7-14-3-1-2-8-21-14;1-12-22-15-6-5-13(10-16(15)23-12)24-18-20-9-7-17(25-18)21-11-14-4-2-3-8-19-14/h2-6,8,10-11H,7,9H2,1H3,(H,24,25)(H2,22,23,26,27);1-5,8,11-12,22H,6-7,9-10H2,(H2,23,24,25,26);2-10H,11H2,1H3,(H,22,23)(H2,20,21,24,25). The van der Waals surface area contributed by atoms with E-state index < -0.39 is 0 Å². The van der Waals surface area contributed by atoms with Crippen molar-refractivity contribution in [3.05, 3.63) is 196 Å². The molecule has 0 aliphatic carbocycles. The van der Waals surface area contributed by atoms with Gasteiger partial charge in [-0.2, -0.15) is 15.0 Å². The number of halogens is 2. The highest BCUT2D eigenvalue weighted by molar-refractivity contribution is 9.11. The molecule has 22 heteroatoms. The third kappa shape index (κ3) is 14.6. The van der Waals surface area contributed by atoms with Gasteiger partial charge in [0.2, 0.25) is 17.8 Å². The molecule has 0 spiro atoms. The van der Waals surface area contributed by atoms with Gasteiger partial charge in [0.15, 0.2) is 0 Å². The van der Waals surface area contributed by atoms with Gasteiger partial charge in [0.1, 0.15) is 29.1 Å². The van der Waals surface area contributed by atoms with Gasteiger partial charge in [-0.3, -0.25) is 15.0 Å². The quantitative estimate of drug-likeness (QED) is 0.0411. The van der Waals surface area contributed by atoms with Crippen molar-refractivity contribution in [2.24, 2.45) is 0 Å². The molecule has 0 bridgehead atoms. The van der Waals surface area contributed by atoms with E-state index in [4.69, 9.17) is 0 Å². The Bertz CT molecular complexity index is 3730. The van der Waals surface area contributed by atoms with E-state index in [0.717, 1.165) is 133 Å². The van der Waals surface area contributed by atoms with Crippen LogP contribution in [0.5, 0.6) is 0 Å². The molecule has 0 unspecified atom stereocenters. The molecule has 12 rings (SSSR count). The zero-order chi connectivity index (χ0) is 53.5. The van der Waals surface area contributed by atoms with Gasteiger partial charge in [0.05, 0.1) is 43.3 Å². The van der Waals surface area contributed by atoms with E-state index in [1.54, 1.807) is 31.0 Å². The summed E-state index contributed by atoms with van der Waals surface area (Å²) in [4.78, 5) is 54.8. The Morgan fingerprint density at radius 2 is 1.00 bits per heavy atom. The zero-order valence-electron chi connectivity index (χ0n) is 42.6. The number of imidazole rings is 2. The predicted octanol–water partition coefficient (Wildman–Crippen LogP) is 11.6. The van der Waals surface area contributed by atoms with Crippen LogP contribution in [0.4, 0.5) is 58.0 Å². The molecule has 0 radical (unpaired) electrons. The van der Waals surface area contributed by atoms with Crippen molar-refractivity contribution in [3.8, 4) is 0 Å². The van der Waals surface area contributed by atoms with Crippen LogP contribution in [-0.2, 0) is 25.8 Å². The predicted molar refractivity (Wildman–Crippen MR) is 316 cm³/mol. The molecule has 1 aliphatic rings. The number of anilines is 10. The third-order valence-corrected chi connectivity index (χ3v) is 13.1. The summed E-state index contributed by atoms with van der Waals surface area (Å²) in [6.07, 6.45) is 13.3. The van der Waals surface area contributed by atoms with E-state index in [1.807, 2.05) is 123 Å². The lowest BCUT2D eigenvalue weighted by Gasteiger charge is -2.11. The van der Waals surface area contributed by atoms with E-state index in [1.165, 1.54) is 11.3 Å². The largest absolute Gasteiger partial charge is 0.384 e. The third-order valence-electron chi connectivity index (χ3n) is 11.9. The minimum atomic E-state index is 0.519. The molecule has 11 aromatic rings. The molecule has 0 amide bonds. The molecule has 1 aliphatic heterocycles. The number of rotatable bonds is 17. The maximum atomic E-state index is 4.58. The second-order valence-corrected chi connectivity index (χ2v) is 19.5. The van der Waals surface area contributed by atoms with E-state index in [-0.39, 0.29) is 0 Å². The fraction of sp³-hybridized carbons (Fsp3) is 0.161. The molecular weight excluding hydrogens is 1110 g/mol. The van der Waals surface area contributed by atoms with Crippen LogP contribution in [0, 0.1) is 13.8 Å². The smallest absolute Gasteiger partial charge is 0.229 e. The summed E-state index contributed by atoms with van der Waals surface area (Å²) in [5.74, 6) is 5.63. The van der Waals surface area contributed by atoms with Crippen molar-refractivity contribution in [3.63, 3.8) is 0 Å². The summed E-state index contributed by atoms with van der Waals surface area (Å²) in [6, 6.07) is 37.6. The molecular formula is C56H54Br2N20. The van der Waals surface area contributed by atoms with E-state index in [9.17, 15) is 0 Å². The summed E-state index contributed by atoms with van der Waals surface area (Å²) in [6.45, 7) is 6.95. The van der Waals surface area contributed by atoms with Gasteiger partial charge < -0.3 is 47.2 Å². The summed E-state index contributed by atoms with van der Waals surface area (Å²) in [5, 5.41) is 23.0. The summed E-state index contributed by atoms with van der Waals surface area (Å²) in [5.41, 5.74) is 12.2. The van der Waals surface area contributed by atoms with E-state index in [0.29, 0.717) is 24.4 Å². The Morgan fingerprint density at radius 1 is 0.487 bits per heavy atom. The van der Waals surface area contributed by atoms with Gasteiger partial charge in [-0.25, -0.2) is 24.9 Å². The SMILES string of the molecule is Brc1cnc(Nc2ccc3c(c2)CCN3)nc1NCCc1ccccn1.Cc1nc2cc(Nc3ncc(Br)c(NCCc4ccccn4)n3)ccc2[nH]1.Cc1nc2cc(Nc3nccc(NCc4ccccn4)n3)ccc2[nH]1. The molecule has 0 saturated carbocycles. The molecule has 20 nitrogen and oxygen atoms in total. The van der Waals surface area contributed by atoms with Gasteiger partial charge in [-0.05, 0) is 155 Å². The topological polar surface area (TPSA) is 258 Å². The second kappa shape index (κ2) is 25.6. The Labute approximate surface area is 466 Å². The molecule has 0 atom stereocenters. The minimum absolute atomic E-state index is 0.519. The molecule has 8 aromatic heterocycles. The lowest BCUT2D eigenvalue weighted by atomic mass is 10.1. The average molecular weight is 1170 g/mol. The first kappa shape index (κ1) is 52.3. The van der Waals surface area contributed by atoms with Crippen molar-refractivity contribution < 1.29 is 0 Å². The highest BCUT2D eigenvalue weighted by Gasteiger charge is 2.13. The highest BCUT2D eigenvalue weighted by atomic mass is 79.9. The molecule has 392 valence electrons. The molecule has 78 heavy (non-hydrogen) atoms. The maximum absolute atomic E-state index is 4.58. The fourth-order valence-electron chi connectivity index (χ4n) is 8.21. The maximum Gasteiger partial charge on any atom is 0.229 e. The van der Waals surface area contributed by atoms with Crippen LogP contribution in [0.25, 0.3) is 22.1 Å². The van der Waals surface area contributed by atoms with Gasteiger partial charge in [-0.15, -0.1) is 0 Å². The molecule has 9 heterocycles. The first-order valence-electron chi connectivity index (χ1n) is 25.1. The number of H-pyrrole nitrogens is 2. The van der Waals surface area contributed by atoms with Crippen molar-refractivity contribution in [1.29, 1.82) is 0 Å². The molecule has 0 fully saturated rings. The number of benzene rings is 3. The lowest BCUT2D eigenvalue weighted by Crippen LogP contribution is -2.09. The molecule has 3 aromatic carbocycles. The number of aromatic nitrogens is 13. The highest BCUT2D eigenvalue weighted by Crippen LogP contribution is 2.29. The van der Waals surface area contributed by atoms with Crippen molar-refractivity contribution in [2.45, 2.75) is 39.7 Å². The first-order valence-corrected chi connectivity index (χ1v) is 26.7. The fourth-order valence-corrected chi connectivity index (χ4v) is 8.87. The summed E-state index contributed by atoms with van der Waals surface area (Å²) in [7, 11) is 0. The Morgan fingerprint density at radius 3 is 1.54 bits per heavy atom. The van der Waals surface area contributed by atoms with Crippen LogP contribution in [0.2, 0.25) is 0 Å². The van der Waals surface area contributed by atoms with E-state index in [2.05, 4.69) is 146 Å². The number of aromatic amines is 2. The zero-order valence-corrected chi connectivity index (χ0v) is 45.7. The first-order chi connectivity index (χ1) is 38.2. The van der Waals surface area contributed by atoms with Gasteiger partial charge in [-0.1, -0.05) is 18.2 Å². The Balaban J connectivity index is 0.000000132. The monoisotopic (exact) mass is 1160 g/mol. The van der Waals surface area contributed by atoms with E-state index >= 15 is 0 Å². The number of fused-ring (bicyclic) bond motifs is 3. The minimum Gasteiger partial charge on any atom is -0.384 e. The van der Waals surface area contributed by atoms with Crippen LogP contribution in [-0.4, -0.2) is 84.4 Å². The van der Waals surface area contributed by atoms with Crippen LogP contribution < -0.4 is 37.2 Å². The molecule has 9 N–H and O–H groups in total. The Hall–Kier alpha value is -9.15. The summed E-state index contributed by atoms with van der Waals surface area (Å²) < 4.78 is 1.65. The molecule has 0 saturated heterocycles.